The molecule has 1 aliphatic rings. The van der Waals surface area contributed by atoms with Crippen LogP contribution in [0.2, 0.25) is 0 Å². The normalized spacial score (nSPS) is 17.6. The van der Waals surface area contributed by atoms with Gasteiger partial charge in [0.05, 0.1) is 25.0 Å². The Labute approximate surface area is 117 Å². The van der Waals surface area contributed by atoms with E-state index in [4.69, 9.17) is 0 Å². The zero-order valence-electron chi connectivity index (χ0n) is 11.4. The topological polar surface area (TPSA) is 51.0 Å². The Hall–Kier alpha value is -2.43. The van der Waals surface area contributed by atoms with Crippen LogP contribution in [-0.2, 0) is 17.9 Å². The summed E-state index contributed by atoms with van der Waals surface area (Å²) in [5.41, 5.74) is 3.19. The molecule has 2 aromatic rings. The van der Waals surface area contributed by atoms with Crippen molar-refractivity contribution < 1.29 is 4.79 Å². The van der Waals surface area contributed by atoms with Crippen molar-refractivity contribution in [1.82, 2.24) is 19.7 Å². The van der Waals surface area contributed by atoms with Gasteiger partial charge in [0.2, 0.25) is 5.91 Å². The van der Waals surface area contributed by atoms with Gasteiger partial charge in [-0.2, -0.15) is 5.10 Å². The van der Waals surface area contributed by atoms with E-state index in [-0.39, 0.29) is 11.9 Å². The highest BCUT2D eigenvalue weighted by Gasteiger charge is 2.28. The highest BCUT2D eigenvalue weighted by Crippen LogP contribution is 2.28. The van der Waals surface area contributed by atoms with E-state index >= 15 is 0 Å². The summed E-state index contributed by atoms with van der Waals surface area (Å²) in [6.07, 6.45) is 6.75. The third-order valence-electron chi connectivity index (χ3n) is 3.69. The number of fused-ring (bicyclic) bond motifs is 1. The number of hydrogen-bond donors (Lipinski definition) is 0. The van der Waals surface area contributed by atoms with Gasteiger partial charge < -0.3 is 4.90 Å². The molecule has 0 N–H and O–H groups in total. The highest BCUT2D eigenvalue weighted by atomic mass is 16.2. The monoisotopic (exact) mass is 268 g/mol. The van der Waals surface area contributed by atoms with E-state index in [0.717, 1.165) is 16.8 Å². The Bertz CT molecular complexity index is 647. The smallest absolute Gasteiger partial charge is 0.246 e. The molecule has 102 valence electrons. The minimum Gasteiger partial charge on any atom is -0.329 e. The van der Waals surface area contributed by atoms with Crippen molar-refractivity contribution in [3.63, 3.8) is 0 Å². The van der Waals surface area contributed by atoms with Crippen LogP contribution in [0.1, 0.15) is 12.6 Å². The van der Waals surface area contributed by atoms with Gasteiger partial charge >= 0.3 is 0 Å². The lowest BCUT2D eigenvalue weighted by molar-refractivity contribution is -0.129. The lowest BCUT2D eigenvalue weighted by Gasteiger charge is -2.33. The molecule has 0 fully saturated rings. The first-order valence-corrected chi connectivity index (χ1v) is 6.59. The summed E-state index contributed by atoms with van der Waals surface area (Å²) >= 11 is 0. The fourth-order valence-corrected chi connectivity index (χ4v) is 2.59. The molecule has 1 amide bonds. The van der Waals surface area contributed by atoms with Crippen molar-refractivity contribution >= 4 is 5.91 Å². The zero-order valence-corrected chi connectivity index (χ0v) is 11.4. The molecule has 5 heteroatoms. The van der Waals surface area contributed by atoms with E-state index < -0.39 is 0 Å². The SMILES string of the molecule is C=CC(=O)N1Cc2c(-c3ccncc3)cnn2C[C@@H]1C. The second kappa shape index (κ2) is 4.92. The Morgan fingerprint density at radius 2 is 2.20 bits per heavy atom. The van der Waals surface area contributed by atoms with Gasteiger partial charge in [-0.3, -0.25) is 14.5 Å². The molecule has 0 spiro atoms. The molecule has 2 aromatic heterocycles. The number of hydrogen-bond acceptors (Lipinski definition) is 3. The van der Waals surface area contributed by atoms with Crippen LogP contribution < -0.4 is 0 Å². The maximum atomic E-state index is 11.9. The summed E-state index contributed by atoms with van der Waals surface area (Å²) in [5, 5.41) is 4.44. The Morgan fingerprint density at radius 1 is 1.45 bits per heavy atom. The number of nitrogens with zero attached hydrogens (tertiary/aromatic N) is 4. The van der Waals surface area contributed by atoms with Gasteiger partial charge in [-0.15, -0.1) is 0 Å². The number of carbonyl (C=O) groups is 1. The van der Waals surface area contributed by atoms with E-state index in [1.54, 1.807) is 12.4 Å². The largest absolute Gasteiger partial charge is 0.329 e. The van der Waals surface area contributed by atoms with Crippen molar-refractivity contribution in [1.29, 1.82) is 0 Å². The number of carbonyl (C=O) groups excluding carboxylic acids is 1. The predicted molar refractivity (Wildman–Crippen MR) is 75.7 cm³/mol. The van der Waals surface area contributed by atoms with Gasteiger partial charge in [0.15, 0.2) is 0 Å². The van der Waals surface area contributed by atoms with Gasteiger partial charge in [0.1, 0.15) is 0 Å². The molecule has 0 aliphatic carbocycles. The van der Waals surface area contributed by atoms with Crippen LogP contribution in [0.25, 0.3) is 11.1 Å². The van der Waals surface area contributed by atoms with Crippen LogP contribution in [-0.4, -0.2) is 31.6 Å². The molecule has 3 heterocycles. The molecule has 1 aliphatic heterocycles. The zero-order chi connectivity index (χ0) is 14.1. The van der Waals surface area contributed by atoms with Gasteiger partial charge in [0, 0.05) is 24.0 Å². The minimum atomic E-state index is -0.0365. The standard InChI is InChI=1S/C15H16N4O/c1-3-15(20)18-10-14-13(12-4-6-16-7-5-12)8-17-19(14)9-11(18)2/h3-8,11H,1,9-10H2,2H3/t11-/m0/s1. The number of aromatic nitrogens is 3. The van der Waals surface area contributed by atoms with Crippen LogP contribution in [0.4, 0.5) is 0 Å². The predicted octanol–water partition coefficient (Wildman–Crippen LogP) is 1.86. The summed E-state index contributed by atoms with van der Waals surface area (Å²) in [6, 6.07) is 4.03. The van der Waals surface area contributed by atoms with Crippen molar-refractivity contribution in [2.75, 3.05) is 0 Å². The van der Waals surface area contributed by atoms with Crippen molar-refractivity contribution in [3.05, 3.63) is 49.1 Å². The van der Waals surface area contributed by atoms with Gasteiger partial charge in [-0.25, -0.2) is 0 Å². The molecular formula is C15H16N4O. The summed E-state index contributed by atoms with van der Waals surface area (Å²) in [5.74, 6) is -0.0365. The Morgan fingerprint density at radius 3 is 2.90 bits per heavy atom. The molecule has 0 saturated heterocycles. The first kappa shape index (κ1) is 12.6. The summed E-state index contributed by atoms with van der Waals surface area (Å²) in [7, 11) is 0. The third kappa shape index (κ3) is 2.01. The Kier molecular flexibility index (Phi) is 3.10. The number of pyridine rings is 1. The van der Waals surface area contributed by atoms with E-state index in [1.807, 2.05) is 34.8 Å². The quantitative estimate of drug-likeness (QED) is 0.781. The third-order valence-corrected chi connectivity index (χ3v) is 3.69. The summed E-state index contributed by atoms with van der Waals surface area (Å²) < 4.78 is 1.98. The molecule has 0 aromatic carbocycles. The minimum absolute atomic E-state index is 0.0365. The molecule has 20 heavy (non-hydrogen) atoms. The van der Waals surface area contributed by atoms with Crippen LogP contribution in [0.3, 0.4) is 0 Å². The highest BCUT2D eigenvalue weighted by molar-refractivity contribution is 5.87. The molecule has 3 rings (SSSR count). The first-order chi connectivity index (χ1) is 9.70. The van der Waals surface area contributed by atoms with Crippen LogP contribution >= 0.6 is 0 Å². The van der Waals surface area contributed by atoms with Crippen LogP contribution in [0, 0.1) is 0 Å². The molecule has 0 saturated carbocycles. The summed E-state index contributed by atoms with van der Waals surface area (Å²) in [4.78, 5) is 17.8. The van der Waals surface area contributed by atoms with E-state index in [1.165, 1.54) is 6.08 Å². The van der Waals surface area contributed by atoms with Gasteiger partial charge in [-0.1, -0.05) is 6.58 Å². The lowest BCUT2D eigenvalue weighted by atomic mass is 10.1. The second-order valence-electron chi connectivity index (χ2n) is 4.94. The second-order valence-corrected chi connectivity index (χ2v) is 4.94. The van der Waals surface area contributed by atoms with E-state index in [9.17, 15) is 4.79 Å². The maximum Gasteiger partial charge on any atom is 0.246 e. The molecule has 0 radical (unpaired) electrons. The van der Waals surface area contributed by atoms with Crippen molar-refractivity contribution in [2.24, 2.45) is 0 Å². The first-order valence-electron chi connectivity index (χ1n) is 6.59. The average molecular weight is 268 g/mol. The maximum absolute atomic E-state index is 11.9. The number of amides is 1. The van der Waals surface area contributed by atoms with Gasteiger partial charge in [0.25, 0.3) is 0 Å². The Balaban J connectivity index is 2.00. The van der Waals surface area contributed by atoms with E-state index in [0.29, 0.717) is 13.1 Å². The van der Waals surface area contributed by atoms with Crippen LogP contribution in [0.15, 0.2) is 43.4 Å². The molecule has 0 bridgehead atoms. The molecule has 0 unspecified atom stereocenters. The average Bonchev–Trinajstić information content (AvgIpc) is 2.89. The lowest BCUT2D eigenvalue weighted by Crippen LogP contribution is -2.44. The van der Waals surface area contributed by atoms with Crippen LogP contribution in [0.5, 0.6) is 0 Å². The summed E-state index contributed by atoms with van der Waals surface area (Å²) in [6.45, 7) is 6.87. The molecule has 1 atom stereocenters. The molecular weight excluding hydrogens is 252 g/mol. The van der Waals surface area contributed by atoms with Crippen molar-refractivity contribution in [2.45, 2.75) is 26.1 Å². The fraction of sp³-hybridized carbons (Fsp3) is 0.267. The number of rotatable bonds is 2. The van der Waals surface area contributed by atoms with Gasteiger partial charge in [-0.05, 0) is 30.7 Å². The molecule has 5 nitrogen and oxygen atoms in total. The van der Waals surface area contributed by atoms with Crippen molar-refractivity contribution in [3.8, 4) is 11.1 Å². The fourth-order valence-electron chi connectivity index (χ4n) is 2.59. The van der Waals surface area contributed by atoms with E-state index in [2.05, 4.69) is 16.7 Å².